The average Bonchev–Trinajstić information content (AvgIpc) is 2.80. The molecule has 0 N–H and O–H groups in total. The van der Waals surface area contributed by atoms with Crippen molar-refractivity contribution in [3.05, 3.63) is 62.2 Å². The van der Waals surface area contributed by atoms with Crippen LogP contribution in [0.1, 0.15) is 26.3 Å². The Balaban J connectivity index is 2.09. The minimum Gasteiger partial charge on any atom is -0.493 e. The van der Waals surface area contributed by atoms with Crippen molar-refractivity contribution in [2.75, 3.05) is 14.2 Å². The lowest BCUT2D eigenvalue weighted by Gasteiger charge is -2.10. The number of carbonyl (C=O) groups excluding carboxylic acids is 2. The summed E-state index contributed by atoms with van der Waals surface area (Å²) < 4.78 is 11.4. The zero-order chi connectivity index (χ0) is 16.6. The van der Waals surface area contributed by atoms with Crippen LogP contribution >= 0.6 is 22.6 Å². The molecule has 0 bridgehead atoms. The smallest absolute Gasteiger partial charge is 0.197 e. The highest BCUT2D eigenvalue weighted by atomic mass is 127. The molecule has 0 unspecified atom stereocenters. The van der Waals surface area contributed by atoms with Crippen LogP contribution in [0.25, 0.3) is 6.08 Å². The Bertz CT molecular complexity index is 815. The van der Waals surface area contributed by atoms with E-state index >= 15 is 0 Å². The van der Waals surface area contributed by atoms with Gasteiger partial charge < -0.3 is 9.47 Å². The second-order valence-corrected chi connectivity index (χ2v) is 6.16. The van der Waals surface area contributed by atoms with Crippen LogP contribution in [0.5, 0.6) is 11.5 Å². The Labute approximate surface area is 147 Å². The van der Waals surface area contributed by atoms with Crippen LogP contribution < -0.4 is 9.47 Å². The highest BCUT2D eigenvalue weighted by Gasteiger charge is 2.32. The Kier molecular flexibility index (Phi) is 4.21. The molecule has 0 amide bonds. The summed E-state index contributed by atoms with van der Waals surface area (Å²) in [5.74, 6) is 0.704. The number of carbonyl (C=O) groups is 2. The van der Waals surface area contributed by atoms with Gasteiger partial charge in [0.2, 0.25) is 0 Å². The Hall–Kier alpha value is -2.15. The molecule has 0 aromatic heterocycles. The van der Waals surface area contributed by atoms with Crippen LogP contribution in [0, 0.1) is 3.57 Å². The molecule has 0 atom stereocenters. The summed E-state index contributed by atoms with van der Waals surface area (Å²) in [5.41, 5.74) is 1.81. The highest BCUT2D eigenvalue weighted by molar-refractivity contribution is 14.1. The number of hydrogen-bond acceptors (Lipinski definition) is 4. The van der Waals surface area contributed by atoms with E-state index in [1.54, 1.807) is 50.6 Å². The van der Waals surface area contributed by atoms with Crippen molar-refractivity contribution in [3.8, 4) is 11.5 Å². The topological polar surface area (TPSA) is 52.6 Å². The largest absolute Gasteiger partial charge is 0.493 e. The van der Waals surface area contributed by atoms with Gasteiger partial charge in [-0.15, -0.1) is 0 Å². The van der Waals surface area contributed by atoms with E-state index < -0.39 is 0 Å². The lowest BCUT2D eigenvalue weighted by Crippen LogP contribution is -2.01. The Morgan fingerprint density at radius 2 is 1.57 bits per heavy atom. The normalized spacial score (nSPS) is 13.1. The summed E-state index contributed by atoms with van der Waals surface area (Å²) in [5, 5.41) is 0. The van der Waals surface area contributed by atoms with Crippen LogP contribution in [0.2, 0.25) is 0 Å². The Morgan fingerprint density at radius 1 is 0.957 bits per heavy atom. The number of methoxy groups -OCH3 is 2. The van der Waals surface area contributed by atoms with E-state index in [1.165, 1.54) is 0 Å². The summed E-state index contributed by atoms with van der Waals surface area (Å²) in [6.45, 7) is 0. The van der Waals surface area contributed by atoms with Crippen LogP contribution in [-0.2, 0) is 0 Å². The summed E-state index contributed by atoms with van der Waals surface area (Å²) in [7, 11) is 3.12. The van der Waals surface area contributed by atoms with Gasteiger partial charge >= 0.3 is 0 Å². The molecule has 5 heteroatoms. The summed E-state index contributed by atoms with van der Waals surface area (Å²) in [6, 6.07) is 10.5. The van der Waals surface area contributed by atoms with Gasteiger partial charge in [0.15, 0.2) is 23.1 Å². The molecule has 4 nitrogen and oxygen atoms in total. The SMILES string of the molecule is COc1cc(C=C2C(=O)c3ccccc3C2=O)cc(I)c1OC. The molecule has 116 valence electrons. The van der Waals surface area contributed by atoms with Crippen LogP contribution in [0.4, 0.5) is 0 Å². The van der Waals surface area contributed by atoms with E-state index in [0.717, 1.165) is 9.13 Å². The first-order valence-electron chi connectivity index (χ1n) is 6.88. The zero-order valence-corrected chi connectivity index (χ0v) is 14.7. The van der Waals surface area contributed by atoms with Gasteiger partial charge in [-0.3, -0.25) is 9.59 Å². The second-order valence-electron chi connectivity index (χ2n) is 5.00. The fraction of sp³-hybridized carbons (Fsp3) is 0.111. The molecule has 0 radical (unpaired) electrons. The number of ketones is 2. The maximum atomic E-state index is 12.4. The third-order valence-corrected chi connectivity index (χ3v) is 4.47. The molecule has 23 heavy (non-hydrogen) atoms. The van der Waals surface area contributed by atoms with Gasteiger partial charge in [0.1, 0.15) is 0 Å². The number of ether oxygens (including phenoxy) is 2. The van der Waals surface area contributed by atoms with Crippen LogP contribution in [0.3, 0.4) is 0 Å². The van der Waals surface area contributed by atoms with Gasteiger partial charge in [0.25, 0.3) is 0 Å². The highest BCUT2D eigenvalue weighted by Crippen LogP contribution is 2.35. The third-order valence-electron chi connectivity index (χ3n) is 3.67. The van der Waals surface area contributed by atoms with Crippen molar-refractivity contribution in [1.29, 1.82) is 0 Å². The molecular weight excluding hydrogens is 407 g/mol. The standard InChI is InChI=1S/C18H13IO4/c1-22-15-9-10(8-14(19)18(15)23-2)7-13-16(20)11-5-3-4-6-12(11)17(13)21/h3-9H,1-2H3. The fourth-order valence-electron chi connectivity index (χ4n) is 2.59. The third kappa shape index (κ3) is 2.65. The van der Waals surface area contributed by atoms with Gasteiger partial charge in [-0.25, -0.2) is 0 Å². The molecule has 1 aliphatic carbocycles. The molecule has 0 aliphatic heterocycles. The summed E-state index contributed by atoms with van der Waals surface area (Å²) >= 11 is 2.13. The predicted octanol–water partition coefficient (Wildman–Crippen LogP) is 3.77. The van der Waals surface area contributed by atoms with Crippen molar-refractivity contribution in [3.63, 3.8) is 0 Å². The maximum absolute atomic E-state index is 12.4. The minimum atomic E-state index is -0.240. The molecular formula is C18H13IO4. The number of halogens is 1. The van der Waals surface area contributed by atoms with Gasteiger partial charge in [-0.05, 0) is 46.4 Å². The number of fused-ring (bicyclic) bond motifs is 1. The molecule has 0 spiro atoms. The zero-order valence-electron chi connectivity index (χ0n) is 12.6. The summed E-state index contributed by atoms with van der Waals surface area (Å²) in [6.07, 6.45) is 1.61. The quantitative estimate of drug-likeness (QED) is 0.431. The van der Waals surface area contributed by atoms with Crippen molar-refractivity contribution in [2.45, 2.75) is 0 Å². The predicted molar refractivity (Wildman–Crippen MR) is 95.3 cm³/mol. The molecule has 0 saturated carbocycles. The fourth-order valence-corrected chi connectivity index (χ4v) is 3.44. The molecule has 0 fully saturated rings. The van der Waals surface area contributed by atoms with Crippen molar-refractivity contribution in [1.82, 2.24) is 0 Å². The molecule has 0 saturated heterocycles. The van der Waals surface area contributed by atoms with Gasteiger partial charge in [-0.2, -0.15) is 0 Å². The average molecular weight is 420 g/mol. The molecule has 2 aromatic rings. The number of Topliss-reactive ketones (excluding diaryl/α,β-unsaturated/α-hetero) is 2. The minimum absolute atomic E-state index is 0.175. The Morgan fingerprint density at radius 3 is 2.09 bits per heavy atom. The van der Waals surface area contributed by atoms with Crippen LogP contribution in [0.15, 0.2) is 42.0 Å². The van der Waals surface area contributed by atoms with E-state index in [4.69, 9.17) is 9.47 Å². The number of hydrogen-bond donors (Lipinski definition) is 0. The summed E-state index contributed by atoms with van der Waals surface area (Å²) in [4.78, 5) is 24.9. The van der Waals surface area contributed by atoms with Gasteiger partial charge in [-0.1, -0.05) is 24.3 Å². The molecule has 2 aromatic carbocycles. The lowest BCUT2D eigenvalue weighted by atomic mass is 10.1. The molecule has 0 heterocycles. The van der Waals surface area contributed by atoms with Gasteiger partial charge in [0.05, 0.1) is 23.4 Å². The number of benzene rings is 2. The van der Waals surface area contributed by atoms with Crippen molar-refractivity contribution < 1.29 is 19.1 Å². The van der Waals surface area contributed by atoms with Crippen LogP contribution in [-0.4, -0.2) is 25.8 Å². The number of rotatable bonds is 3. The molecule has 3 rings (SSSR count). The first-order valence-corrected chi connectivity index (χ1v) is 7.96. The van der Waals surface area contributed by atoms with E-state index in [1.807, 2.05) is 6.07 Å². The molecule has 1 aliphatic rings. The monoisotopic (exact) mass is 420 g/mol. The van der Waals surface area contributed by atoms with E-state index in [0.29, 0.717) is 22.6 Å². The van der Waals surface area contributed by atoms with E-state index in [9.17, 15) is 9.59 Å². The second kappa shape index (κ2) is 6.16. The van der Waals surface area contributed by atoms with Crippen molar-refractivity contribution >= 4 is 40.2 Å². The first-order chi connectivity index (χ1) is 11.1. The van der Waals surface area contributed by atoms with Crippen molar-refractivity contribution in [2.24, 2.45) is 0 Å². The van der Waals surface area contributed by atoms with E-state index in [2.05, 4.69) is 22.6 Å². The van der Waals surface area contributed by atoms with E-state index in [-0.39, 0.29) is 17.1 Å². The number of allylic oxidation sites excluding steroid dienone is 1. The van der Waals surface area contributed by atoms with Gasteiger partial charge in [0, 0.05) is 11.1 Å². The first kappa shape index (κ1) is 15.7. The maximum Gasteiger partial charge on any atom is 0.197 e. The lowest BCUT2D eigenvalue weighted by molar-refractivity contribution is 0.0990.